The summed E-state index contributed by atoms with van der Waals surface area (Å²) in [5.74, 6) is 0. The fraction of sp³-hybridized carbons (Fsp3) is 0.350. The Morgan fingerprint density at radius 2 is 1.58 bits per heavy atom. The van der Waals surface area contributed by atoms with Crippen LogP contribution in [-0.4, -0.2) is 38.3 Å². The van der Waals surface area contributed by atoms with Crippen LogP contribution in [0, 0.1) is 0 Å². The molecule has 2 fully saturated rings. The fourth-order valence-corrected chi connectivity index (χ4v) is 3.42. The summed E-state index contributed by atoms with van der Waals surface area (Å²) >= 11 is 6.10. The summed E-state index contributed by atoms with van der Waals surface area (Å²) in [6.45, 7) is 3.84. The molecular formula is C20H23ClN4O. The maximum Gasteiger partial charge on any atom is 0.319 e. The van der Waals surface area contributed by atoms with E-state index < -0.39 is 0 Å². The molecule has 2 aromatic carbocycles. The molecule has 0 atom stereocenters. The normalized spacial score (nSPS) is 17.1. The second kappa shape index (κ2) is 7.46. The van der Waals surface area contributed by atoms with E-state index in [0.29, 0.717) is 6.04 Å². The van der Waals surface area contributed by atoms with Crippen LogP contribution in [0.15, 0.2) is 48.5 Å². The summed E-state index contributed by atoms with van der Waals surface area (Å²) in [7, 11) is 0. The maximum absolute atomic E-state index is 11.8. The van der Waals surface area contributed by atoms with E-state index >= 15 is 0 Å². The summed E-state index contributed by atoms with van der Waals surface area (Å²) in [6.07, 6.45) is 2.18. The van der Waals surface area contributed by atoms with Crippen molar-refractivity contribution >= 4 is 34.7 Å². The van der Waals surface area contributed by atoms with Crippen molar-refractivity contribution in [2.24, 2.45) is 0 Å². The van der Waals surface area contributed by atoms with Gasteiger partial charge in [0.2, 0.25) is 0 Å². The molecule has 26 heavy (non-hydrogen) atoms. The minimum absolute atomic E-state index is 0.115. The molecule has 2 aliphatic rings. The van der Waals surface area contributed by atoms with Crippen molar-refractivity contribution in [3.63, 3.8) is 0 Å². The third-order valence-electron chi connectivity index (χ3n) is 4.86. The van der Waals surface area contributed by atoms with Gasteiger partial charge in [-0.1, -0.05) is 17.7 Å². The van der Waals surface area contributed by atoms with E-state index in [4.69, 9.17) is 11.6 Å². The van der Waals surface area contributed by atoms with Crippen molar-refractivity contribution in [2.75, 3.05) is 41.3 Å². The molecule has 0 bridgehead atoms. The molecule has 0 radical (unpaired) electrons. The number of carbonyl (C=O) groups is 1. The molecule has 136 valence electrons. The van der Waals surface area contributed by atoms with Crippen molar-refractivity contribution in [1.82, 2.24) is 5.32 Å². The SMILES string of the molecule is O=C(Nc1ccc(N2CCN(c3cccc(Cl)c3)CC2)cc1)NC1CC1. The lowest BCUT2D eigenvalue weighted by molar-refractivity contribution is 0.251. The van der Waals surface area contributed by atoms with Crippen LogP contribution in [0.4, 0.5) is 21.9 Å². The van der Waals surface area contributed by atoms with Crippen LogP contribution in [0.3, 0.4) is 0 Å². The van der Waals surface area contributed by atoms with Crippen LogP contribution in [0.1, 0.15) is 12.8 Å². The molecule has 6 heteroatoms. The Kier molecular flexibility index (Phi) is 4.89. The molecule has 0 spiro atoms. The predicted molar refractivity (Wildman–Crippen MR) is 107 cm³/mol. The first-order valence-corrected chi connectivity index (χ1v) is 9.48. The van der Waals surface area contributed by atoms with Gasteiger partial charge in [0, 0.05) is 54.3 Å². The number of anilines is 3. The molecule has 1 heterocycles. The van der Waals surface area contributed by atoms with E-state index in [-0.39, 0.29) is 6.03 Å². The van der Waals surface area contributed by atoms with E-state index in [1.807, 2.05) is 30.3 Å². The van der Waals surface area contributed by atoms with Gasteiger partial charge in [-0.3, -0.25) is 0 Å². The van der Waals surface area contributed by atoms with Gasteiger partial charge in [-0.2, -0.15) is 0 Å². The topological polar surface area (TPSA) is 47.6 Å². The minimum Gasteiger partial charge on any atom is -0.368 e. The Morgan fingerprint density at radius 1 is 0.923 bits per heavy atom. The molecule has 0 unspecified atom stereocenters. The van der Waals surface area contributed by atoms with Gasteiger partial charge in [-0.05, 0) is 55.3 Å². The van der Waals surface area contributed by atoms with Gasteiger partial charge in [0.15, 0.2) is 0 Å². The summed E-state index contributed by atoms with van der Waals surface area (Å²) in [5, 5.41) is 6.59. The molecule has 1 saturated carbocycles. The van der Waals surface area contributed by atoms with Gasteiger partial charge < -0.3 is 20.4 Å². The molecule has 1 saturated heterocycles. The zero-order valence-corrected chi connectivity index (χ0v) is 15.4. The number of hydrogen-bond donors (Lipinski definition) is 2. The minimum atomic E-state index is -0.115. The Labute approximate surface area is 158 Å². The second-order valence-electron chi connectivity index (χ2n) is 6.87. The first kappa shape index (κ1) is 17.0. The zero-order chi connectivity index (χ0) is 17.9. The van der Waals surface area contributed by atoms with Crippen LogP contribution < -0.4 is 20.4 Å². The molecule has 5 nitrogen and oxygen atoms in total. The third-order valence-corrected chi connectivity index (χ3v) is 5.09. The third kappa shape index (κ3) is 4.22. The number of hydrogen-bond acceptors (Lipinski definition) is 3. The fourth-order valence-electron chi connectivity index (χ4n) is 3.23. The molecule has 2 aromatic rings. The lowest BCUT2D eigenvalue weighted by Gasteiger charge is -2.37. The molecule has 2 N–H and O–H groups in total. The standard InChI is InChI=1S/C20H23ClN4O/c21-15-2-1-3-19(14-15)25-12-10-24(11-13-25)18-8-6-17(7-9-18)23-20(26)22-16-4-5-16/h1-3,6-9,14,16H,4-5,10-13H2,(H2,22,23,26). The number of amides is 2. The number of urea groups is 1. The average molecular weight is 371 g/mol. The smallest absolute Gasteiger partial charge is 0.319 e. The molecule has 0 aromatic heterocycles. The Hall–Kier alpha value is -2.40. The lowest BCUT2D eigenvalue weighted by Crippen LogP contribution is -2.46. The van der Waals surface area contributed by atoms with Crippen molar-refractivity contribution < 1.29 is 4.79 Å². The summed E-state index contributed by atoms with van der Waals surface area (Å²) < 4.78 is 0. The number of nitrogens with zero attached hydrogens (tertiary/aromatic N) is 2. The highest BCUT2D eigenvalue weighted by atomic mass is 35.5. The van der Waals surface area contributed by atoms with E-state index in [1.54, 1.807) is 0 Å². The number of carbonyl (C=O) groups excluding carboxylic acids is 1. The van der Waals surface area contributed by atoms with Crippen LogP contribution in [-0.2, 0) is 0 Å². The Morgan fingerprint density at radius 3 is 2.19 bits per heavy atom. The van der Waals surface area contributed by atoms with Gasteiger partial charge in [-0.25, -0.2) is 4.79 Å². The van der Waals surface area contributed by atoms with E-state index in [1.165, 1.54) is 11.4 Å². The maximum atomic E-state index is 11.8. The quantitative estimate of drug-likeness (QED) is 0.856. The highest BCUT2D eigenvalue weighted by molar-refractivity contribution is 6.30. The molecule has 2 amide bonds. The summed E-state index contributed by atoms with van der Waals surface area (Å²) in [4.78, 5) is 16.5. The highest BCUT2D eigenvalue weighted by Crippen LogP contribution is 2.24. The lowest BCUT2D eigenvalue weighted by atomic mass is 10.2. The highest BCUT2D eigenvalue weighted by Gasteiger charge is 2.23. The Bertz CT molecular complexity index is 768. The van der Waals surface area contributed by atoms with E-state index in [9.17, 15) is 4.79 Å². The van der Waals surface area contributed by atoms with Gasteiger partial charge in [0.1, 0.15) is 0 Å². The number of nitrogens with one attached hydrogen (secondary N) is 2. The van der Waals surface area contributed by atoms with Crippen LogP contribution in [0.5, 0.6) is 0 Å². The Balaban J connectivity index is 1.31. The molecular weight excluding hydrogens is 348 g/mol. The van der Waals surface area contributed by atoms with Gasteiger partial charge >= 0.3 is 6.03 Å². The van der Waals surface area contributed by atoms with Crippen LogP contribution >= 0.6 is 11.6 Å². The number of piperazine rings is 1. The van der Waals surface area contributed by atoms with Crippen LogP contribution in [0.2, 0.25) is 5.02 Å². The largest absolute Gasteiger partial charge is 0.368 e. The number of benzene rings is 2. The number of rotatable bonds is 4. The van der Waals surface area contributed by atoms with Crippen molar-refractivity contribution in [2.45, 2.75) is 18.9 Å². The first-order valence-electron chi connectivity index (χ1n) is 9.10. The van der Waals surface area contributed by atoms with E-state index in [0.717, 1.165) is 49.7 Å². The summed E-state index contributed by atoms with van der Waals surface area (Å²) in [6, 6.07) is 16.3. The molecule has 1 aliphatic carbocycles. The van der Waals surface area contributed by atoms with Crippen molar-refractivity contribution in [3.8, 4) is 0 Å². The van der Waals surface area contributed by atoms with E-state index in [2.05, 4.69) is 38.6 Å². The summed E-state index contributed by atoms with van der Waals surface area (Å²) in [5.41, 5.74) is 3.19. The molecule has 1 aliphatic heterocycles. The van der Waals surface area contributed by atoms with Crippen molar-refractivity contribution in [1.29, 1.82) is 0 Å². The monoisotopic (exact) mass is 370 g/mol. The van der Waals surface area contributed by atoms with Gasteiger partial charge in [-0.15, -0.1) is 0 Å². The van der Waals surface area contributed by atoms with Crippen LogP contribution in [0.25, 0.3) is 0 Å². The predicted octanol–water partition coefficient (Wildman–Crippen LogP) is 3.95. The van der Waals surface area contributed by atoms with Gasteiger partial charge in [0.05, 0.1) is 0 Å². The van der Waals surface area contributed by atoms with Crippen molar-refractivity contribution in [3.05, 3.63) is 53.6 Å². The van der Waals surface area contributed by atoms with Gasteiger partial charge in [0.25, 0.3) is 0 Å². The average Bonchev–Trinajstić information content (AvgIpc) is 3.46. The zero-order valence-electron chi connectivity index (χ0n) is 14.6. The second-order valence-corrected chi connectivity index (χ2v) is 7.31. The number of halogens is 1. The first-order chi connectivity index (χ1) is 12.7. The molecule has 4 rings (SSSR count).